The van der Waals surface area contributed by atoms with Crippen LogP contribution < -0.4 is 5.32 Å². The Morgan fingerprint density at radius 3 is 2.61 bits per heavy atom. The molecule has 1 aromatic carbocycles. The van der Waals surface area contributed by atoms with Gasteiger partial charge in [-0.3, -0.25) is 0 Å². The number of benzene rings is 1. The van der Waals surface area contributed by atoms with Gasteiger partial charge in [0.25, 0.3) is 0 Å². The van der Waals surface area contributed by atoms with Crippen LogP contribution in [0.25, 0.3) is 0 Å². The van der Waals surface area contributed by atoms with Gasteiger partial charge in [-0.1, -0.05) is 17.7 Å². The first-order valence-electron chi connectivity index (χ1n) is 7.45. The van der Waals surface area contributed by atoms with Gasteiger partial charge in [0, 0.05) is 23.8 Å². The molecule has 6 heteroatoms. The van der Waals surface area contributed by atoms with Crippen molar-refractivity contribution in [1.82, 2.24) is 9.80 Å². The molecule has 0 aliphatic heterocycles. The molecule has 2 aromatic rings. The molecule has 0 saturated carbocycles. The predicted molar refractivity (Wildman–Crippen MR) is 92.9 cm³/mol. The summed E-state index contributed by atoms with van der Waals surface area (Å²) in [6.07, 6.45) is 0. The Labute approximate surface area is 141 Å². The average molecular weight is 336 g/mol. The minimum atomic E-state index is -0.178. The zero-order valence-electron chi connectivity index (χ0n) is 13.7. The second kappa shape index (κ2) is 8.04. The molecule has 0 fully saturated rings. The Hall–Kier alpha value is -1.98. The van der Waals surface area contributed by atoms with Gasteiger partial charge < -0.3 is 19.5 Å². The van der Waals surface area contributed by atoms with Gasteiger partial charge in [-0.05, 0) is 51.4 Å². The van der Waals surface area contributed by atoms with Crippen LogP contribution in [0.5, 0.6) is 0 Å². The zero-order valence-corrected chi connectivity index (χ0v) is 14.4. The number of carbonyl (C=O) groups excluding carboxylic acids is 1. The number of nitrogens with zero attached hydrogens (tertiary/aromatic N) is 2. The molecule has 2 rings (SSSR count). The first-order chi connectivity index (χ1) is 10.9. The van der Waals surface area contributed by atoms with E-state index in [9.17, 15) is 4.79 Å². The summed E-state index contributed by atoms with van der Waals surface area (Å²) in [5.41, 5.74) is 0.674. The van der Waals surface area contributed by atoms with Crippen molar-refractivity contribution in [1.29, 1.82) is 0 Å². The highest BCUT2D eigenvalue weighted by molar-refractivity contribution is 6.30. The summed E-state index contributed by atoms with van der Waals surface area (Å²) in [6, 6.07) is 10.7. The first kappa shape index (κ1) is 17.4. The molecule has 2 amide bonds. The fourth-order valence-corrected chi connectivity index (χ4v) is 2.29. The number of likely N-dealkylation sites (N-methyl/N-ethyl adjacent to an activating group) is 1. The number of anilines is 1. The van der Waals surface area contributed by atoms with E-state index in [1.54, 1.807) is 23.1 Å². The second-order valence-corrected chi connectivity index (χ2v) is 6.11. The maximum atomic E-state index is 12.6. The standard InChI is InChI=1S/C17H22ClN3O2/c1-13-7-8-16(23-13)12-21(10-9-20(2)3)17(22)19-15-6-4-5-14(18)11-15/h4-8,11H,9-10,12H2,1-3H3,(H,19,22). The van der Waals surface area contributed by atoms with E-state index in [0.717, 1.165) is 18.1 Å². The maximum Gasteiger partial charge on any atom is 0.322 e. The Morgan fingerprint density at radius 1 is 1.22 bits per heavy atom. The minimum Gasteiger partial charge on any atom is -0.464 e. The van der Waals surface area contributed by atoms with Crippen LogP contribution in [0.3, 0.4) is 0 Å². The molecule has 0 bridgehead atoms. The van der Waals surface area contributed by atoms with Gasteiger partial charge in [0.05, 0.1) is 6.54 Å². The number of hydrogen-bond donors (Lipinski definition) is 1. The molecule has 0 aliphatic rings. The summed E-state index contributed by atoms with van der Waals surface area (Å²) >= 11 is 5.96. The maximum absolute atomic E-state index is 12.6. The van der Waals surface area contributed by atoms with Crippen molar-refractivity contribution in [2.24, 2.45) is 0 Å². The van der Waals surface area contributed by atoms with Crippen molar-refractivity contribution in [2.45, 2.75) is 13.5 Å². The molecule has 1 N–H and O–H groups in total. The third-order valence-electron chi connectivity index (χ3n) is 3.32. The van der Waals surface area contributed by atoms with Gasteiger partial charge in [-0.25, -0.2) is 4.79 Å². The SMILES string of the molecule is Cc1ccc(CN(CCN(C)C)C(=O)Nc2cccc(Cl)c2)o1. The van der Waals surface area contributed by atoms with Gasteiger partial charge in [-0.15, -0.1) is 0 Å². The van der Waals surface area contributed by atoms with Crippen LogP contribution in [0.1, 0.15) is 11.5 Å². The minimum absolute atomic E-state index is 0.178. The second-order valence-electron chi connectivity index (χ2n) is 5.68. The summed E-state index contributed by atoms with van der Waals surface area (Å²) in [5.74, 6) is 1.60. The van der Waals surface area contributed by atoms with Crippen LogP contribution in [0.4, 0.5) is 10.5 Å². The van der Waals surface area contributed by atoms with Crippen molar-refractivity contribution in [3.8, 4) is 0 Å². The van der Waals surface area contributed by atoms with Crippen LogP contribution in [0.2, 0.25) is 5.02 Å². The number of furan rings is 1. The monoisotopic (exact) mass is 335 g/mol. The fraction of sp³-hybridized carbons (Fsp3) is 0.353. The highest BCUT2D eigenvalue weighted by Gasteiger charge is 2.16. The summed E-state index contributed by atoms with van der Waals surface area (Å²) < 4.78 is 5.58. The highest BCUT2D eigenvalue weighted by Crippen LogP contribution is 2.16. The van der Waals surface area contributed by atoms with E-state index in [-0.39, 0.29) is 6.03 Å². The highest BCUT2D eigenvalue weighted by atomic mass is 35.5. The molecule has 124 valence electrons. The van der Waals surface area contributed by atoms with Gasteiger partial charge in [0.1, 0.15) is 11.5 Å². The number of carbonyl (C=O) groups is 1. The molecule has 0 unspecified atom stereocenters. The smallest absolute Gasteiger partial charge is 0.322 e. The summed E-state index contributed by atoms with van der Waals surface area (Å²) in [5, 5.41) is 3.46. The third kappa shape index (κ3) is 5.62. The van der Waals surface area contributed by atoms with Gasteiger partial charge in [0.15, 0.2) is 0 Å². The van der Waals surface area contributed by atoms with Crippen LogP contribution in [0, 0.1) is 6.92 Å². The third-order valence-corrected chi connectivity index (χ3v) is 3.56. The largest absolute Gasteiger partial charge is 0.464 e. The predicted octanol–water partition coefficient (Wildman–Crippen LogP) is 3.84. The lowest BCUT2D eigenvalue weighted by atomic mass is 10.3. The lowest BCUT2D eigenvalue weighted by Gasteiger charge is -2.24. The number of amides is 2. The lowest BCUT2D eigenvalue weighted by molar-refractivity contribution is 0.196. The van der Waals surface area contributed by atoms with Crippen molar-refractivity contribution in [2.75, 3.05) is 32.5 Å². The molecule has 0 saturated heterocycles. The van der Waals surface area contributed by atoms with E-state index in [2.05, 4.69) is 5.32 Å². The van der Waals surface area contributed by atoms with Crippen LogP contribution in [-0.4, -0.2) is 43.0 Å². The van der Waals surface area contributed by atoms with E-state index < -0.39 is 0 Å². The van der Waals surface area contributed by atoms with E-state index >= 15 is 0 Å². The average Bonchev–Trinajstić information content (AvgIpc) is 2.88. The molecule has 1 aromatic heterocycles. The van der Waals surface area contributed by atoms with Crippen LogP contribution >= 0.6 is 11.6 Å². The first-order valence-corrected chi connectivity index (χ1v) is 7.83. The Balaban J connectivity index is 2.06. The van der Waals surface area contributed by atoms with Gasteiger partial charge in [0.2, 0.25) is 0 Å². The number of hydrogen-bond acceptors (Lipinski definition) is 3. The number of nitrogens with one attached hydrogen (secondary N) is 1. The molecule has 5 nitrogen and oxygen atoms in total. The van der Waals surface area contributed by atoms with E-state index in [4.69, 9.17) is 16.0 Å². The van der Waals surface area contributed by atoms with Crippen LogP contribution in [0.15, 0.2) is 40.8 Å². The van der Waals surface area contributed by atoms with Crippen molar-refractivity contribution in [3.63, 3.8) is 0 Å². The Morgan fingerprint density at radius 2 is 2.00 bits per heavy atom. The number of aryl methyl sites for hydroxylation is 1. The van der Waals surface area contributed by atoms with Crippen molar-refractivity contribution < 1.29 is 9.21 Å². The molecule has 23 heavy (non-hydrogen) atoms. The summed E-state index contributed by atoms with van der Waals surface area (Å²) in [4.78, 5) is 16.3. The zero-order chi connectivity index (χ0) is 16.8. The molecule has 1 heterocycles. The molecule has 0 spiro atoms. The number of urea groups is 1. The fourth-order valence-electron chi connectivity index (χ4n) is 2.10. The lowest BCUT2D eigenvalue weighted by Crippen LogP contribution is -2.38. The topological polar surface area (TPSA) is 48.7 Å². The van der Waals surface area contributed by atoms with Gasteiger partial charge >= 0.3 is 6.03 Å². The normalized spacial score (nSPS) is 10.8. The van der Waals surface area contributed by atoms with Crippen molar-refractivity contribution >= 4 is 23.3 Å². The molecule has 0 radical (unpaired) electrons. The molecule has 0 atom stereocenters. The molecule has 0 aliphatic carbocycles. The summed E-state index contributed by atoms with van der Waals surface area (Å²) in [7, 11) is 3.95. The number of halogens is 1. The van der Waals surface area contributed by atoms with Crippen molar-refractivity contribution in [3.05, 3.63) is 52.9 Å². The van der Waals surface area contributed by atoms with E-state index in [1.165, 1.54) is 0 Å². The van der Waals surface area contributed by atoms with Crippen LogP contribution in [-0.2, 0) is 6.54 Å². The Kier molecular flexibility index (Phi) is 6.07. The van der Waals surface area contributed by atoms with E-state index in [1.807, 2.05) is 44.1 Å². The summed E-state index contributed by atoms with van der Waals surface area (Å²) in [6.45, 7) is 3.68. The van der Waals surface area contributed by atoms with Gasteiger partial charge in [-0.2, -0.15) is 0 Å². The Bertz CT molecular complexity index is 655. The molecular weight excluding hydrogens is 314 g/mol. The molecular formula is C17H22ClN3O2. The van der Waals surface area contributed by atoms with E-state index in [0.29, 0.717) is 23.8 Å². The quantitative estimate of drug-likeness (QED) is 0.872. The number of rotatable bonds is 6.